The van der Waals surface area contributed by atoms with Crippen LogP contribution in [-0.2, 0) is 10.2 Å². The molecule has 1 aliphatic heterocycles. The molecule has 1 N–H and O–H groups in total. The van der Waals surface area contributed by atoms with E-state index in [0.717, 1.165) is 4.90 Å². The normalized spacial score (nSPS) is 14.4. The first kappa shape index (κ1) is 20.6. The molecule has 0 aliphatic carbocycles. The second-order valence-electron chi connectivity index (χ2n) is 6.33. The van der Waals surface area contributed by atoms with E-state index < -0.39 is 23.2 Å². The van der Waals surface area contributed by atoms with Gasteiger partial charge in [0.1, 0.15) is 5.75 Å². The topological polar surface area (TPSA) is 75.7 Å². The zero-order chi connectivity index (χ0) is 19.4. The summed E-state index contributed by atoms with van der Waals surface area (Å²) < 4.78 is 19.9. The van der Waals surface area contributed by atoms with E-state index in [1.54, 1.807) is 0 Å². The van der Waals surface area contributed by atoms with E-state index >= 15 is 0 Å². The fraction of sp³-hybridized carbons (Fsp3) is 0.500. The van der Waals surface area contributed by atoms with Gasteiger partial charge in [0.25, 0.3) is 0 Å². The predicted molar refractivity (Wildman–Crippen MR) is 93.9 cm³/mol. The van der Waals surface area contributed by atoms with Crippen molar-refractivity contribution < 1.29 is 23.5 Å². The second-order valence-corrected chi connectivity index (χ2v) is 6.33. The van der Waals surface area contributed by atoms with E-state index in [1.165, 1.54) is 13.2 Å². The smallest absolute Gasteiger partial charge is 0.328 e. The van der Waals surface area contributed by atoms with Gasteiger partial charge in [0.05, 0.1) is 18.4 Å². The summed E-state index contributed by atoms with van der Waals surface area (Å²) in [5, 5.41) is 2.14. The molecule has 2 rings (SSSR count). The average Bonchev–Trinajstić information content (AvgIpc) is 2.55. The van der Waals surface area contributed by atoms with Crippen LogP contribution in [0.4, 0.5) is 14.9 Å². The lowest BCUT2D eigenvalue weighted by atomic mass is 9.84. The summed E-state index contributed by atoms with van der Waals surface area (Å²) in [5.41, 5.74) is -0.112. The summed E-state index contributed by atoms with van der Waals surface area (Å²) in [6, 6.07) is 0.790. The Kier molecular flexibility index (Phi) is 6.67. The molecule has 6 nitrogen and oxygen atoms in total. The van der Waals surface area contributed by atoms with Crippen molar-refractivity contribution >= 4 is 23.9 Å². The molecule has 1 saturated heterocycles. The number of anilines is 1. The molecule has 0 atom stereocenters. The molecule has 138 valence electrons. The fourth-order valence-corrected chi connectivity index (χ4v) is 2.52. The molecular weight excluding hydrogens is 327 g/mol. The molecule has 25 heavy (non-hydrogen) atoms. The van der Waals surface area contributed by atoms with Crippen molar-refractivity contribution in [2.45, 2.75) is 46.5 Å². The fourth-order valence-electron chi connectivity index (χ4n) is 2.52. The van der Waals surface area contributed by atoms with Crippen LogP contribution in [0, 0.1) is 5.82 Å². The number of halogens is 1. The van der Waals surface area contributed by atoms with E-state index in [4.69, 9.17) is 4.74 Å². The monoisotopic (exact) mass is 352 g/mol. The highest BCUT2D eigenvalue weighted by atomic mass is 19.1. The number of nitrogens with one attached hydrogen (secondary N) is 1. The quantitative estimate of drug-likeness (QED) is 0.846. The van der Waals surface area contributed by atoms with Crippen molar-refractivity contribution in [2.75, 3.05) is 18.6 Å². The number of carbonyl (C=O) groups excluding carboxylic acids is 3. The van der Waals surface area contributed by atoms with Crippen molar-refractivity contribution in [1.29, 1.82) is 0 Å². The summed E-state index contributed by atoms with van der Waals surface area (Å²) >= 11 is 0. The van der Waals surface area contributed by atoms with Crippen LogP contribution in [0.25, 0.3) is 0 Å². The van der Waals surface area contributed by atoms with E-state index in [2.05, 4.69) is 5.32 Å². The number of nitrogens with zero attached hydrogens (tertiary/aromatic N) is 1. The zero-order valence-electron chi connectivity index (χ0n) is 15.5. The number of urea groups is 1. The van der Waals surface area contributed by atoms with Gasteiger partial charge in [-0.05, 0) is 11.5 Å². The number of ether oxygens (including phenoxy) is 1. The number of aldehydes is 1. The van der Waals surface area contributed by atoms with Gasteiger partial charge in [0, 0.05) is 18.5 Å². The number of hydrogen-bond acceptors (Lipinski definition) is 4. The highest BCUT2D eigenvalue weighted by Gasteiger charge is 2.32. The summed E-state index contributed by atoms with van der Waals surface area (Å²) in [6.07, 6.45) is 0.443. The van der Waals surface area contributed by atoms with Gasteiger partial charge in [0.2, 0.25) is 5.91 Å². The van der Waals surface area contributed by atoms with Gasteiger partial charge < -0.3 is 4.74 Å². The lowest BCUT2D eigenvalue weighted by molar-refractivity contribution is -0.120. The Balaban J connectivity index is 0.00000151. The Labute approximate surface area is 147 Å². The predicted octanol–water partition coefficient (Wildman–Crippen LogP) is 3.42. The minimum atomic E-state index is -0.839. The van der Waals surface area contributed by atoms with Crippen LogP contribution in [-0.4, -0.2) is 31.9 Å². The number of methoxy groups -OCH3 is 1. The maximum Gasteiger partial charge on any atom is 0.328 e. The first-order valence-corrected chi connectivity index (χ1v) is 8.18. The Morgan fingerprint density at radius 2 is 1.88 bits per heavy atom. The number of carbonyl (C=O) groups is 3. The van der Waals surface area contributed by atoms with E-state index in [-0.39, 0.29) is 30.0 Å². The molecule has 1 aliphatic rings. The number of hydrogen-bond donors (Lipinski definition) is 1. The largest absolute Gasteiger partial charge is 0.496 e. The molecule has 0 unspecified atom stereocenters. The van der Waals surface area contributed by atoms with Gasteiger partial charge in [-0.3, -0.25) is 19.8 Å². The Hall–Kier alpha value is -2.44. The van der Waals surface area contributed by atoms with E-state index in [9.17, 15) is 18.8 Å². The molecule has 1 aromatic carbocycles. The summed E-state index contributed by atoms with van der Waals surface area (Å²) in [5.74, 6) is -1.09. The van der Waals surface area contributed by atoms with Gasteiger partial charge >= 0.3 is 6.03 Å². The van der Waals surface area contributed by atoms with E-state index in [0.29, 0.717) is 11.8 Å². The van der Waals surface area contributed by atoms with Crippen LogP contribution >= 0.6 is 0 Å². The molecule has 1 aromatic rings. The lowest BCUT2D eigenvalue weighted by Gasteiger charge is -2.30. The molecule has 0 spiro atoms. The molecular formula is C18H25FN2O4. The van der Waals surface area contributed by atoms with Crippen molar-refractivity contribution in [1.82, 2.24) is 5.32 Å². The zero-order valence-corrected chi connectivity index (χ0v) is 15.5. The van der Waals surface area contributed by atoms with E-state index in [1.807, 2.05) is 34.6 Å². The first-order valence-electron chi connectivity index (χ1n) is 8.18. The van der Waals surface area contributed by atoms with Gasteiger partial charge in [-0.2, -0.15) is 0 Å². The number of rotatable bonds is 3. The molecule has 0 aromatic heterocycles. The van der Waals surface area contributed by atoms with Crippen LogP contribution in [0.5, 0.6) is 5.75 Å². The van der Waals surface area contributed by atoms with Crippen molar-refractivity contribution in [2.24, 2.45) is 0 Å². The third-order valence-corrected chi connectivity index (χ3v) is 3.71. The molecule has 1 heterocycles. The minimum Gasteiger partial charge on any atom is -0.496 e. The van der Waals surface area contributed by atoms with Crippen LogP contribution in [0.1, 0.15) is 57.0 Å². The molecule has 0 saturated carbocycles. The Morgan fingerprint density at radius 3 is 2.32 bits per heavy atom. The average molecular weight is 352 g/mol. The van der Waals surface area contributed by atoms with Crippen LogP contribution in [0.2, 0.25) is 0 Å². The second kappa shape index (κ2) is 8.09. The number of imide groups is 1. The maximum atomic E-state index is 14.7. The van der Waals surface area contributed by atoms with Crippen LogP contribution in [0.15, 0.2) is 6.07 Å². The van der Waals surface area contributed by atoms with Gasteiger partial charge in [-0.25, -0.2) is 9.18 Å². The highest BCUT2D eigenvalue weighted by Crippen LogP contribution is 2.39. The third kappa shape index (κ3) is 4.15. The Morgan fingerprint density at radius 1 is 1.28 bits per heavy atom. The van der Waals surface area contributed by atoms with Gasteiger partial charge in [-0.1, -0.05) is 34.6 Å². The SMILES string of the molecule is CC.COc1c(C(C)(C)C)cc(N2CCC(=O)NC2=O)c(F)c1C=O. The molecule has 7 heteroatoms. The lowest BCUT2D eigenvalue weighted by Crippen LogP contribution is -2.50. The van der Waals surface area contributed by atoms with Crippen molar-refractivity contribution in [3.8, 4) is 5.75 Å². The van der Waals surface area contributed by atoms with Crippen LogP contribution in [0.3, 0.4) is 0 Å². The standard InChI is InChI=1S/C16H19FN2O4.C2H6/c1-16(2,3)10-7-11(13(17)9(8-20)14(10)23-4)19-6-5-12(21)18-15(19)22;1-2/h7-8H,5-6H2,1-4H3,(H,18,21,22);1-2H3. The van der Waals surface area contributed by atoms with Gasteiger partial charge in [0.15, 0.2) is 12.1 Å². The third-order valence-electron chi connectivity index (χ3n) is 3.71. The van der Waals surface area contributed by atoms with Crippen molar-refractivity contribution in [3.05, 3.63) is 23.0 Å². The summed E-state index contributed by atoms with van der Waals surface area (Å²) in [6.45, 7) is 9.72. The summed E-state index contributed by atoms with van der Waals surface area (Å²) in [4.78, 5) is 35.7. The number of amides is 3. The first-order chi connectivity index (χ1) is 11.7. The molecule has 0 radical (unpaired) electrons. The van der Waals surface area contributed by atoms with Crippen molar-refractivity contribution in [3.63, 3.8) is 0 Å². The highest BCUT2D eigenvalue weighted by molar-refractivity contribution is 6.06. The number of benzene rings is 1. The molecule has 0 bridgehead atoms. The summed E-state index contributed by atoms with van der Waals surface area (Å²) in [7, 11) is 1.36. The maximum absolute atomic E-state index is 14.7. The Bertz CT molecular complexity index is 681. The van der Waals surface area contributed by atoms with Crippen LogP contribution < -0.4 is 15.0 Å². The molecule has 3 amide bonds. The minimum absolute atomic E-state index is 0.0391. The van der Waals surface area contributed by atoms with Gasteiger partial charge in [-0.15, -0.1) is 0 Å². The molecule has 1 fully saturated rings.